The summed E-state index contributed by atoms with van der Waals surface area (Å²) in [5, 5.41) is 3.56. The second kappa shape index (κ2) is 10.1. The molecular formula is C24H27ClN4O3. The Morgan fingerprint density at radius 2 is 1.66 bits per heavy atom. The van der Waals surface area contributed by atoms with Crippen LogP contribution < -0.4 is 10.2 Å². The molecule has 0 unspecified atom stereocenters. The largest absolute Gasteiger partial charge is 0.340 e. The molecule has 2 heterocycles. The number of carbonyl (C=O) groups is 3. The van der Waals surface area contributed by atoms with Crippen LogP contribution in [-0.2, 0) is 20.8 Å². The second-order valence-electron chi connectivity index (χ2n) is 8.14. The molecule has 0 bridgehead atoms. The van der Waals surface area contributed by atoms with E-state index in [4.69, 9.17) is 11.6 Å². The van der Waals surface area contributed by atoms with Crippen LogP contribution >= 0.6 is 11.6 Å². The first-order valence-electron chi connectivity index (χ1n) is 10.9. The first kappa shape index (κ1) is 22.3. The molecule has 1 N–H and O–H groups in total. The zero-order valence-corrected chi connectivity index (χ0v) is 18.7. The Balaban J connectivity index is 1.28. The smallest absolute Gasteiger partial charge is 0.238 e. The van der Waals surface area contributed by atoms with E-state index in [-0.39, 0.29) is 30.7 Å². The highest BCUT2D eigenvalue weighted by atomic mass is 35.5. The molecule has 2 aliphatic rings. The average molecular weight is 455 g/mol. The zero-order valence-electron chi connectivity index (χ0n) is 17.9. The van der Waals surface area contributed by atoms with E-state index < -0.39 is 0 Å². The lowest BCUT2D eigenvalue weighted by atomic mass is 10.1. The maximum atomic E-state index is 12.7. The predicted octanol–water partition coefficient (Wildman–Crippen LogP) is 2.79. The van der Waals surface area contributed by atoms with Gasteiger partial charge in [-0.05, 0) is 30.2 Å². The topological polar surface area (TPSA) is 73.0 Å². The molecule has 2 aromatic carbocycles. The minimum atomic E-state index is -0.125. The number of nitrogens with one attached hydrogen (secondary N) is 1. The summed E-state index contributed by atoms with van der Waals surface area (Å²) < 4.78 is 0. The van der Waals surface area contributed by atoms with Gasteiger partial charge in [0, 0.05) is 44.2 Å². The Bertz CT molecular complexity index is 1000. The van der Waals surface area contributed by atoms with Crippen molar-refractivity contribution in [3.05, 3.63) is 59.1 Å². The van der Waals surface area contributed by atoms with Crippen molar-refractivity contribution in [2.75, 3.05) is 49.5 Å². The number of amides is 3. The lowest BCUT2D eigenvalue weighted by Gasteiger charge is -2.34. The van der Waals surface area contributed by atoms with Crippen LogP contribution in [0.5, 0.6) is 0 Å². The van der Waals surface area contributed by atoms with Crippen molar-refractivity contribution in [2.45, 2.75) is 19.3 Å². The van der Waals surface area contributed by atoms with Crippen LogP contribution in [0.15, 0.2) is 48.5 Å². The van der Waals surface area contributed by atoms with Crippen molar-refractivity contribution in [1.29, 1.82) is 0 Å². The van der Waals surface area contributed by atoms with Crippen molar-refractivity contribution < 1.29 is 14.4 Å². The van der Waals surface area contributed by atoms with Gasteiger partial charge in [-0.15, -0.1) is 0 Å². The molecule has 0 aliphatic carbocycles. The number of para-hydroxylation sites is 2. The zero-order chi connectivity index (χ0) is 22.5. The maximum absolute atomic E-state index is 12.7. The van der Waals surface area contributed by atoms with E-state index in [1.54, 1.807) is 11.0 Å². The van der Waals surface area contributed by atoms with E-state index in [1.807, 2.05) is 52.3 Å². The Kier molecular flexibility index (Phi) is 7.07. The van der Waals surface area contributed by atoms with Gasteiger partial charge in [-0.25, -0.2) is 0 Å². The summed E-state index contributed by atoms with van der Waals surface area (Å²) in [6.07, 6.45) is 1.66. The molecule has 2 aliphatic heterocycles. The number of benzene rings is 2. The minimum Gasteiger partial charge on any atom is -0.340 e. The third-order valence-electron chi connectivity index (χ3n) is 5.93. The van der Waals surface area contributed by atoms with Crippen LogP contribution in [0.3, 0.4) is 0 Å². The van der Waals surface area contributed by atoms with E-state index in [1.165, 1.54) is 0 Å². The Labute approximate surface area is 192 Å². The highest BCUT2D eigenvalue weighted by molar-refractivity contribution is 6.31. The first-order valence-corrected chi connectivity index (χ1v) is 11.3. The third kappa shape index (κ3) is 5.29. The molecule has 0 aromatic heterocycles. The van der Waals surface area contributed by atoms with Crippen LogP contribution in [0.4, 0.5) is 11.4 Å². The Morgan fingerprint density at radius 3 is 2.38 bits per heavy atom. The molecule has 2 fully saturated rings. The second-order valence-corrected chi connectivity index (χ2v) is 8.55. The van der Waals surface area contributed by atoms with Gasteiger partial charge in [0.25, 0.3) is 0 Å². The minimum absolute atomic E-state index is 0.0476. The molecule has 8 heteroatoms. The molecule has 0 spiro atoms. The van der Waals surface area contributed by atoms with Crippen LogP contribution in [0.1, 0.15) is 18.4 Å². The average Bonchev–Trinajstić information content (AvgIpc) is 3.22. The molecule has 2 aromatic rings. The summed E-state index contributed by atoms with van der Waals surface area (Å²) in [6.45, 7) is 3.34. The fourth-order valence-corrected chi connectivity index (χ4v) is 4.38. The van der Waals surface area contributed by atoms with E-state index in [0.29, 0.717) is 49.9 Å². The van der Waals surface area contributed by atoms with Crippen molar-refractivity contribution >= 4 is 40.7 Å². The molecular weight excluding hydrogens is 428 g/mol. The quantitative estimate of drug-likeness (QED) is 0.728. The number of halogens is 1. The third-order valence-corrected chi connectivity index (χ3v) is 6.30. The molecule has 0 atom stereocenters. The number of piperazine rings is 1. The van der Waals surface area contributed by atoms with Crippen LogP contribution in [0.2, 0.25) is 5.02 Å². The van der Waals surface area contributed by atoms with Crippen LogP contribution in [0, 0.1) is 0 Å². The summed E-state index contributed by atoms with van der Waals surface area (Å²) in [6, 6.07) is 14.8. The van der Waals surface area contributed by atoms with Gasteiger partial charge in [0.05, 0.1) is 24.3 Å². The van der Waals surface area contributed by atoms with Crippen molar-refractivity contribution in [1.82, 2.24) is 9.80 Å². The molecule has 168 valence electrons. The van der Waals surface area contributed by atoms with E-state index in [0.717, 1.165) is 17.7 Å². The number of hydrogen-bond acceptors (Lipinski definition) is 4. The van der Waals surface area contributed by atoms with E-state index in [2.05, 4.69) is 5.32 Å². The molecule has 32 heavy (non-hydrogen) atoms. The summed E-state index contributed by atoms with van der Waals surface area (Å²) in [4.78, 5) is 43.0. The van der Waals surface area contributed by atoms with Crippen molar-refractivity contribution in [2.24, 2.45) is 0 Å². The van der Waals surface area contributed by atoms with Gasteiger partial charge in [-0.1, -0.05) is 41.9 Å². The van der Waals surface area contributed by atoms with Gasteiger partial charge < -0.3 is 15.1 Å². The SMILES string of the molecule is O=C(CN1CCN(C(=O)Cc2ccccc2Cl)CC1)Nc1ccccc1N1CCCC1=O. The summed E-state index contributed by atoms with van der Waals surface area (Å²) in [5.74, 6) is 0.00984. The predicted molar refractivity (Wildman–Crippen MR) is 125 cm³/mol. The first-order chi connectivity index (χ1) is 15.5. The Hall–Kier alpha value is -2.90. The molecule has 7 nitrogen and oxygen atoms in total. The van der Waals surface area contributed by atoms with E-state index in [9.17, 15) is 14.4 Å². The van der Waals surface area contributed by atoms with E-state index >= 15 is 0 Å². The number of nitrogens with zero attached hydrogens (tertiary/aromatic N) is 3. The van der Waals surface area contributed by atoms with Crippen LogP contribution in [0.25, 0.3) is 0 Å². The van der Waals surface area contributed by atoms with Crippen molar-refractivity contribution in [3.63, 3.8) is 0 Å². The molecule has 4 rings (SSSR count). The molecule has 2 saturated heterocycles. The van der Waals surface area contributed by atoms with Gasteiger partial charge in [0.15, 0.2) is 0 Å². The van der Waals surface area contributed by atoms with Gasteiger partial charge in [0.2, 0.25) is 17.7 Å². The van der Waals surface area contributed by atoms with Crippen molar-refractivity contribution in [3.8, 4) is 0 Å². The molecule has 0 radical (unpaired) electrons. The normalized spacial score (nSPS) is 17.0. The number of carbonyl (C=O) groups excluding carboxylic acids is 3. The Morgan fingerprint density at radius 1 is 0.938 bits per heavy atom. The van der Waals surface area contributed by atoms with Crippen LogP contribution in [-0.4, -0.2) is 66.8 Å². The summed E-state index contributed by atoms with van der Waals surface area (Å²) in [5.41, 5.74) is 2.23. The number of anilines is 2. The van der Waals surface area contributed by atoms with Gasteiger partial charge in [-0.2, -0.15) is 0 Å². The summed E-state index contributed by atoms with van der Waals surface area (Å²) >= 11 is 6.17. The monoisotopic (exact) mass is 454 g/mol. The van der Waals surface area contributed by atoms with Gasteiger partial charge >= 0.3 is 0 Å². The lowest BCUT2D eigenvalue weighted by molar-refractivity contribution is -0.132. The standard InChI is InChI=1S/C24H27ClN4O3/c25-19-7-2-1-6-18(19)16-24(32)28-14-12-27(13-15-28)17-22(30)26-20-8-3-4-9-21(20)29-11-5-10-23(29)31/h1-4,6-9H,5,10-17H2,(H,26,30). The number of hydrogen-bond donors (Lipinski definition) is 1. The van der Waals surface area contributed by atoms with Gasteiger partial charge in [-0.3, -0.25) is 19.3 Å². The summed E-state index contributed by atoms with van der Waals surface area (Å²) in [7, 11) is 0. The highest BCUT2D eigenvalue weighted by Gasteiger charge is 2.26. The fourth-order valence-electron chi connectivity index (χ4n) is 4.18. The van der Waals surface area contributed by atoms with Gasteiger partial charge in [0.1, 0.15) is 0 Å². The number of rotatable bonds is 6. The molecule has 3 amide bonds. The maximum Gasteiger partial charge on any atom is 0.238 e. The fraction of sp³-hybridized carbons (Fsp3) is 0.375. The lowest BCUT2D eigenvalue weighted by Crippen LogP contribution is -2.50. The molecule has 0 saturated carbocycles. The highest BCUT2D eigenvalue weighted by Crippen LogP contribution is 2.29.